The quantitative estimate of drug-likeness (QED) is 0.383. The summed E-state index contributed by atoms with van der Waals surface area (Å²) in [5.74, 6) is -0.793. The Morgan fingerprint density at radius 2 is 2.04 bits per heavy atom. The number of alkyl halides is 1. The number of rotatable bonds is 5. The monoisotopic (exact) mass is 460 g/mol. The van der Waals surface area contributed by atoms with Gasteiger partial charge in [0.1, 0.15) is 18.8 Å². The predicted molar refractivity (Wildman–Crippen MR) is 97.4 cm³/mol. The van der Waals surface area contributed by atoms with E-state index in [4.69, 9.17) is 18.9 Å². The van der Waals surface area contributed by atoms with E-state index in [9.17, 15) is 9.59 Å². The van der Waals surface area contributed by atoms with Gasteiger partial charge in [0.25, 0.3) is 0 Å². The zero-order chi connectivity index (χ0) is 18.0. The summed E-state index contributed by atoms with van der Waals surface area (Å²) in [5, 5.41) is 0. The molecule has 0 amide bonds. The lowest BCUT2D eigenvalue weighted by molar-refractivity contribution is -0.238. The van der Waals surface area contributed by atoms with Crippen molar-refractivity contribution in [2.24, 2.45) is 5.92 Å². The third kappa shape index (κ3) is 4.32. The summed E-state index contributed by atoms with van der Waals surface area (Å²) in [5.41, 5.74) is 0.482. The Kier molecular flexibility index (Phi) is 5.96. The molecule has 2 aliphatic heterocycles. The Bertz CT molecular complexity index is 619. The lowest BCUT2D eigenvalue weighted by atomic mass is 9.90. The highest BCUT2D eigenvalue weighted by Crippen LogP contribution is 2.40. The molecule has 7 heteroatoms. The number of benzene rings is 1. The van der Waals surface area contributed by atoms with E-state index in [0.29, 0.717) is 5.56 Å². The van der Waals surface area contributed by atoms with Gasteiger partial charge in [0.2, 0.25) is 0 Å². The summed E-state index contributed by atoms with van der Waals surface area (Å²) in [6.45, 7) is 3.90. The number of ether oxygens (including phenoxy) is 4. The minimum atomic E-state index is -0.506. The van der Waals surface area contributed by atoms with Gasteiger partial charge in [-0.05, 0) is 26.0 Å². The summed E-state index contributed by atoms with van der Waals surface area (Å²) >= 11 is 2.21. The molecular weight excluding hydrogens is 439 g/mol. The fourth-order valence-electron chi connectivity index (χ4n) is 3.10. The van der Waals surface area contributed by atoms with Crippen molar-refractivity contribution >= 4 is 34.5 Å². The van der Waals surface area contributed by atoms with Gasteiger partial charge in [-0.1, -0.05) is 40.8 Å². The third-order valence-corrected chi connectivity index (χ3v) is 5.54. The smallest absolute Gasteiger partial charge is 0.338 e. The lowest BCUT2D eigenvalue weighted by Gasteiger charge is -2.40. The fourth-order valence-corrected chi connectivity index (χ4v) is 4.12. The summed E-state index contributed by atoms with van der Waals surface area (Å²) in [7, 11) is 0. The molecule has 0 bridgehead atoms. The number of hydrogen-bond acceptors (Lipinski definition) is 6. The van der Waals surface area contributed by atoms with Crippen LogP contribution in [0.15, 0.2) is 30.3 Å². The van der Waals surface area contributed by atoms with Gasteiger partial charge in [0.05, 0.1) is 22.0 Å². The van der Waals surface area contributed by atoms with Crippen molar-refractivity contribution in [3.63, 3.8) is 0 Å². The molecule has 0 spiro atoms. The van der Waals surface area contributed by atoms with Crippen molar-refractivity contribution in [2.75, 3.05) is 6.61 Å². The molecule has 0 radical (unpaired) electrons. The molecule has 2 saturated heterocycles. The SMILES string of the molecule is CC(C)O[C@H]1O[C@H](COC(=O)c2ccccc2)[C@H]2CC(=O)O[C@H]2[C@@H]1I. The maximum absolute atomic E-state index is 12.2. The summed E-state index contributed by atoms with van der Waals surface area (Å²) in [6, 6.07) is 8.78. The van der Waals surface area contributed by atoms with E-state index in [-0.39, 0.29) is 41.0 Å². The van der Waals surface area contributed by atoms with Crippen molar-refractivity contribution < 1.29 is 28.5 Å². The van der Waals surface area contributed by atoms with E-state index in [1.165, 1.54) is 0 Å². The van der Waals surface area contributed by atoms with Gasteiger partial charge >= 0.3 is 11.9 Å². The normalized spacial score (nSPS) is 31.5. The number of halogens is 1. The molecular formula is C18H21IO6. The fraction of sp³-hybridized carbons (Fsp3) is 0.556. The molecule has 1 aromatic carbocycles. The highest BCUT2D eigenvalue weighted by atomic mass is 127. The Morgan fingerprint density at radius 3 is 2.72 bits per heavy atom. The molecule has 2 fully saturated rings. The van der Waals surface area contributed by atoms with Gasteiger partial charge in [-0.3, -0.25) is 4.79 Å². The number of carbonyl (C=O) groups excluding carboxylic acids is 2. The van der Waals surface area contributed by atoms with Crippen LogP contribution in [0.1, 0.15) is 30.6 Å². The Hall–Kier alpha value is -1.19. The van der Waals surface area contributed by atoms with E-state index < -0.39 is 18.4 Å². The molecule has 0 N–H and O–H groups in total. The van der Waals surface area contributed by atoms with Crippen LogP contribution in [-0.2, 0) is 23.7 Å². The number of esters is 2. The van der Waals surface area contributed by atoms with Gasteiger partial charge in [-0.2, -0.15) is 0 Å². The molecule has 2 heterocycles. The molecule has 0 aromatic heterocycles. The maximum Gasteiger partial charge on any atom is 0.338 e. The second-order valence-electron chi connectivity index (χ2n) is 6.46. The van der Waals surface area contributed by atoms with Crippen molar-refractivity contribution in [1.29, 1.82) is 0 Å². The molecule has 6 nitrogen and oxygen atoms in total. The van der Waals surface area contributed by atoms with E-state index >= 15 is 0 Å². The highest BCUT2D eigenvalue weighted by molar-refractivity contribution is 14.1. The molecule has 136 valence electrons. The van der Waals surface area contributed by atoms with Gasteiger partial charge in [-0.15, -0.1) is 0 Å². The largest absolute Gasteiger partial charge is 0.461 e. The predicted octanol–water partition coefficient (Wildman–Crippen LogP) is 2.73. The maximum atomic E-state index is 12.2. The standard InChI is InChI=1S/C18H21IO6/c1-10(2)23-18-15(19)16-12(8-14(20)25-16)13(24-18)9-22-17(21)11-6-4-3-5-7-11/h3-7,10,12-13,15-16,18H,8-9H2,1-2H3/t12-,13-,15+,16-,18+/m1/s1. The minimum absolute atomic E-state index is 0.0246. The molecule has 3 rings (SSSR count). The van der Waals surface area contributed by atoms with E-state index in [0.717, 1.165) is 0 Å². The average Bonchev–Trinajstić information content (AvgIpc) is 2.98. The van der Waals surface area contributed by atoms with Gasteiger partial charge in [0, 0.05) is 5.92 Å². The van der Waals surface area contributed by atoms with Gasteiger partial charge in [-0.25, -0.2) is 4.79 Å². The zero-order valence-corrected chi connectivity index (χ0v) is 16.3. The third-order valence-electron chi connectivity index (χ3n) is 4.25. The van der Waals surface area contributed by atoms with Crippen LogP contribution in [0.2, 0.25) is 0 Å². The Balaban J connectivity index is 1.68. The van der Waals surface area contributed by atoms with Crippen LogP contribution in [0, 0.1) is 5.92 Å². The first-order valence-corrected chi connectivity index (χ1v) is 9.57. The second-order valence-corrected chi connectivity index (χ2v) is 7.90. The van der Waals surface area contributed by atoms with Gasteiger partial charge in [0.15, 0.2) is 6.29 Å². The van der Waals surface area contributed by atoms with Crippen LogP contribution >= 0.6 is 22.6 Å². The van der Waals surface area contributed by atoms with Crippen LogP contribution in [-0.4, -0.2) is 47.1 Å². The second kappa shape index (κ2) is 8.01. The van der Waals surface area contributed by atoms with E-state index in [1.54, 1.807) is 24.3 Å². The molecule has 0 aliphatic carbocycles. The molecule has 0 unspecified atom stereocenters. The van der Waals surface area contributed by atoms with Crippen LogP contribution in [0.5, 0.6) is 0 Å². The van der Waals surface area contributed by atoms with Crippen LogP contribution in [0.25, 0.3) is 0 Å². The summed E-state index contributed by atoms with van der Waals surface area (Å²) < 4.78 is 22.6. The van der Waals surface area contributed by atoms with Crippen molar-refractivity contribution in [3.05, 3.63) is 35.9 Å². The minimum Gasteiger partial charge on any atom is -0.461 e. The summed E-state index contributed by atoms with van der Waals surface area (Å²) in [6.07, 6.45) is -0.979. The number of hydrogen-bond donors (Lipinski definition) is 0. The van der Waals surface area contributed by atoms with Crippen molar-refractivity contribution in [3.8, 4) is 0 Å². The van der Waals surface area contributed by atoms with Crippen molar-refractivity contribution in [1.82, 2.24) is 0 Å². The molecule has 5 atom stereocenters. The zero-order valence-electron chi connectivity index (χ0n) is 14.1. The first kappa shape index (κ1) is 18.6. The molecule has 25 heavy (non-hydrogen) atoms. The van der Waals surface area contributed by atoms with Crippen LogP contribution in [0.4, 0.5) is 0 Å². The Morgan fingerprint density at radius 1 is 1.32 bits per heavy atom. The number of fused-ring (bicyclic) bond motifs is 1. The van der Waals surface area contributed by atoms with E-state index in [2.05, 4.69) is 22.6 Å². The molecule has 0 saturated carbocycles. The van der Waals surface area contributed by atoms with Crippen molar-refractivity contribution in [2.45, 2.75) is 48.8 Å². The Labute approximate surface area is 160 Å². The number of carbonyl (C=O) groups is 2. The molecule has 2 aliphatic rings. The first-order valence-electron chi connectivity index (χ1n) is 8.32. The molecule has 1 aromatic rings. The average molecular weight is 460 g/mol. The van der Waals surface area contributed by atoms with Crippen LogP contribution < -0.4 is 0 Å². The van der Waals surface area contributed by atoms with Crippen LogP contribution in [0.3, 0.4) is 0 Å². The lowest BCUT2D eigenvalue weighted by Crippen LogP contribution is -2.53. The highest BCUT2D eigenvalue weighted by Gasteiger charge is 2.52. The summed E-state index contributed by atoms with van der Waals surface area (Å²) in [4.78, 5) is 23.9. The first-order chi connectivity index (χ1) is 12.0. The topological polar surface area (TPSA) is 71.1 Å². The van der Waals surface area contributed by atoms with Gasteiger partial charge < -0.3 is 18.9 Å². The van der Waals surface area contributed by atoms with E-state index in [1.807, 2.05) is 19.9 Å².